The first kappa shape index (κ1) is 14.5. The summed E-state index contributed by atoms with van der Waals surface area (Å²) >= 11 is 7.74. The van der Waals surface area contributed by atoms with Crippen molar-refractivity contribution in [2.45, 2.75) is 19.6 Å². The maximum atomic E-state index is 10.5. The van der Waals surface area contributed by atoms with Crippen molar-refractivity contribution < 1.29 is 5.11 Å². The molecule has 0 fully saturated rings. The smallest absolute Gasteiger partial charge is 0.131 e. The van der Waals surface area contributed by atoms with Crippen molar-refractivity contribution in [3.63, 3.8) is 0 Å². The van der Waals surface area contributed by atoms with Crippen LogP contribution in [0.1, 0.15) is 21.6 Å². The van der Waals surface area contributed by atoms with Gasteiger partial charge in [-0.1, -0.05) is 11.6 Å². The molecule has 1 atom stereocenters. The van der Waals surface area contributed by atoms with Gasteiger partial charge in [0.25, 0.3) is 0 Å². The molecule has 2 rings (SSSR count). The van der Waals surface area contributed by atoms with Gasteiger partial charge in [-0.2, -0.15) is 5.10 Å². The van der Waals surface area contributed by atoms with Crippen LogP contribution in [0.25, 0.3) is 0 Å². The highest BCUT2D eigenvalue weighted by Gasteiger charge is 2.21. The van der Waals surface area contributed by atoms with E-state index in [1.54, 1.807) is 22.2 Å². The molecular weight excluding hydrogens is 282 g/mol. The quantitative estimate of drug-likeness (QED) is 0.922. The molecule has 1 N–H and O–H groups in total. The summed E-state index contributed by atoms with van der Waals surface area (Å²) in [7, 11) is 4.01. The highest BCUT2D eigenvalue weighted by Crippen LogP contribution is 2.32. The molecule has 2 aromatic rings. The topological polar surface area (TPSA) is 41.3 Å². The van der Waals surface area contributed by atoms with Crippen LogP contribution in [0.2, 0.25) is 5.02 Å². The minimum Gasteiger partial charge on any atom is -0.381 e. The second kappa shape index (κ2) is 6.05. The standard InChI is InChI=1S/C13H18ClN3OS/c1-9-4-5-11(19-9)13(18)12-10(14)8-15-17(12)7-6-16(2)3/h4-5,8,13,18H,6-7H2,1-3H3. The van der Waals surface area contributed by atoms with Gasteiger partial charge in [-0.3, -0.25) is 4.68 Å². The van der Waals surface area contributed by atoms with Gasteiger partial charge in [0.2, 0.25) is 0 Å². The zero-order valence-electron chi connectivity index (χ0n) is 11.3. The molecule has 19 heavy (non-hydrogen) atoms. The summed E-state index contributed by atoms with van der Waals surface area (Å²) < 4.78 is 1.78. The highest BCUT2D eigenvalue weighted by molar-refractivity contribution is 7.12. The van der Waals surface area contributed by atoms with Gasteiger partial charge in [0, 0.05) is 16.3 Å². The Bertz CT molecular complexity index is 550. The summed E-state index contributed by atoms with van der Waals surface area (Å²) in [6.45, 7) is 3.57. The number of thiophene rings is 1. The molecular formula is C13H18ClN3OS. The number of aromatic nitrogens is 2. The number of halogens is 1. The first-order valence-electron chi connectivity index (χ1n) is 6.09. The second-order valence-electron chi connectivity index (χ2n) is 4.76. The predicted molar refractivity (Wildman–Crippen MR) is 78.9 cm³/mol. The lowest BCUT2D eigenvalue weighted by molar-refractivity contribution is 0.209. The normalized spacial score (nSPS) is 13.2. The Balaban J connectivity index is 2.25. The van der Waals surface area contributed by atoms with Gasteiger partial charge >= 0.3 is 0 Å². The van der Waals surface area contributed by atoms with Crippen LogP contribution < -0.4 is 0 Å². The number of aryl methyl sites for hydroxylation is 1. The zero-order chi connectivity index (χ0) is 14.0. The Morgan fingerprint density at radius 1 is 1.47 bits per heavy atom. The number of aliphatic hydroxyl groups excluding tert-OH is 1. The Morgan fingerprint density at radius 3 is 2.79 bits per heavy atom. The first-order chi connectivity index (χ1) is 8.99. The van der Waals surface area contributed by atoms with Crippen molar-refractivity contribution in [3.8, 4) is 0 Å². The number of hydrogen-bond donors (Lipinski definition) is 1. The van der Waals surface area contributed by atoms with E-state index in [2.05, 4.69) is 10.00 Å². The van der Waals surface area contributed by atoms with Crippen LogP contribution in [0.3, 0.4) is 0 Å². The maximum Gasteiger partial charge on any atom is 0.131 e. The third-order valence-corrected chi connectivity index (χ3v) is 4.23. The first-order valence-corrected chi connectivity index (χ1v) is 7.29. The molecule has 1 unspecified atom stereocenters. The van der Waals surface area contributed by atoms with E-state index in [-0.39, 0.29) is 0 Å². The van der Waals surface area contributed by atoms with Gasteiger partial charge in [0.1, 0.15) is 6.10 Å². The number of nitrogens with zero attached hydrogens (tertiary/aromatic N) is 3. The fourth-order valence-electron chi connectivity index (χ4n) is 1.85. The lowest BCUT2D eigenvalue weighted by Gasteiger charge is -2.15. The minimum atomic E-state index is -0.712. The molecule has 4 nitrogen and oxygen atoms in total. The van der Waals surface area contributed by atoms with E-state index >= 15 is 0 Å². The van der Waals surface area contributed by atoms with E-state index < -0.39 is 6.10 Å². The van der Waals surface area contributed by atoms with Crippen molar-refractivity contribution in [2.75, 3.05) is 20.6 Å². The fraction of sp³-hybridized carbons (Fsp3) is 0.462. The molecule has 0 amide bonds. The predicted octanol–water partition coefficient (Wildman–Crippen LogP) is 2.55. The Kier molecular flexibility index (Phi) is 4.62. The van der Waals surface area contributed by atoms with Gasteiger partial charge in [-0.25, -0.2) is 0 Å². The monoisotopic (exact) mass is 299 g/mol. The molecule has 0 saturated carbocycles. The van der Waals surface area contributed by atoms with Gasteiger partial charge in [-0.05, 0) is 33.2 Å². The van der Waals surface area contributed by atoms with Crippen LogP contribution in [0, 0.1) is 6.92 Å². The third kappa shape index (κ3) is 3.36. The van der Waals surface area contributed by atoms with Crippen LogP contribution in [-0.2, 0) is 6.54 Å². The van der Waals surface area contributed by atoms with E-state index in [0.29, 0.717) is 17.3 Å². The summed E-state index contributed by atoms with van der Waals surface area (Å²) in [5.74, 6) is 0. The lowest BCUT2D eigenvalue weighted by atomic mass is 10.2. The number of hydrogen-bond acceptors (Lipinski definition) is 4. The van der Waals surface area contributed by atoms with E-state index in [4.69, 9.17) is 11.6 Å². The maximum absolute atomic E-state index is 10.5. The average molecular weight is 300 g/mol. The molecule has 2 heterocycles. The van der Waals surface area contributed by atoms with Crippen molar-refractivity contribution in [1.29, 1.82) is 0 Å². The Morgan fingerprint density at radius 2 is 2.21 bits per heavy atom. The molecule has 2 aromatic heterocycles. The Hall–Kier alpha value is -0.880. The van der Waals surface area contributed by atoms with E-state index in [1.807, 2.05) is 33.2 Å². The SMILES string of the molecule is Cc1ccc(C(O)c2c(Cl)cnn2CCN(C)C)s1. The molecule has 0 aliphatic carbocycles. The second-order valence-corrected chi connectivity index (χ2v) is 6.48. The number of aliphatic hydroxyl groups is 1. The van der Waals surface area contributed by atoms with Crippen molar-refractivity contribution >= 4 is 22.9 Å². The molecule has 0 saturated heterocycles. The molecule has 6 heteroatoms. The molecule has 0 bridgehead atoms. The van der Waals surface area contributed by atoms with Gasteiger partial charge in [0.15, 0.2) is 0 Å². The summed E-state index contributed by atoms with van der Waals surface area (Å²) in [6.07, 6.45) is 0.881. The molecule has 0 spiro atoms. The number of likely N-dealkylation sites (N-methyl/N-ethyl adjacent to an activating group) is 1. The zero-order valence-corrected chi connectivity index (χ0v) is 12.9. The lowest BCUT2D eigenvalue weighted by Crippen LogP contribution is -2.21. The summed E-state index contributed by atoms with van der Waals surface area (Å²) in [5.41, 5.74) is 0.672. The highest BCUT2D eigenvalue weighted by atomic mass is 35.5. The largest absolute Gasteiger partial charge is 0.381 e. The van der Waals surface area contributed by atoms with Crippen LogP contribution in [-0.4, -0.2) is 40.4 Å². The third-order valence-electron chi connectivity index (χ3n) is 2.88. The van der Waals surface area contributed by atoms with E-state index in [0.717, 1.165) is 11.4 Å². The number of rotatable bonds is 5. The molecule has 0 aliphatic heterocycles. The molecule has 0 radical (unpaired) electrons. The van der Waals surface area contributed by atoms with E-state index in [1.165, 1.54) is 4.88 Å². The van der Waals surface area contributed by atoms with Crippen LogP contribution in [0.4, 0.5) is 0 Å². The summed E-state index contributed by atoms with van der Waals surface area (Å²) in [5, 5.41) is 15.2. The summed E-state index contributed by atoms with van der Waals surface area (Å²) in [6, 6.07) is 3.93. The Labute approximate surface area is 122 Å². The van der Waals surface area contributed by atoms with Crippen LogP contribution >= 0.6 is 22.9 Å². The molecule has 0 aliphatic rings. The molecule has 104 valence electrons. The van der Waals surface area contributed by atoms with Crippen molar-refractivity contribution in [3.05, 3.63) is 38.8 Å². The van der Waals surface area contributed by atoms with Crippen LogP contribution in [0.15, 0.2) is 18.3 Å². The minimum absolute atomic E-state index is 0.511. The van der Waals surface area contributed by atoms with Gasteiger partial charge in [0.05, 0.1) is 23.5 Å². The average Bonchev–Trinajstić information content (AvgIpc) is 2.92. The fourth-order valence-corrected chi connectivity index (χ4v) is 2.96. The van der Waals surface area contributed by atoms with Crippen molar-refractivity contribution in [1.82, 2.24) is 14.7 Å². The van der Waals surface area contributed by atoms with Crippen LogP contribution in [0.5, 0.6) is 0 Å². The van der Waals surface area contributed by atoms with Gasteiger partial charge in [-0.15, -0.1) is 11.3 Å². The summed E-state index contributed by atoms with van der Waals surface area (Å²) in [4.78, 5) is 4.14. The van der Waals surface area contributed by atoms with E-state index in [9.17, 15) is 5.11 Å². The van der Waals surface area contributed by atoms with Crippen molar-refractivity contribution in [2.24, 2.45) is 0 Å². The molecule has 0 aromatic carbocycles. The van der Waals surface area contributed by atoms with Gasteiger partial charge < -0.3 is 10.0 Å².